The van der Waals surface area contributed by atoms with Gasteiger partial charge in [-0.2, -0.15) is 0 Å². The molecule has 1 saturated heterocycles. The highest BCUT2D eigenvalue weighted by atomic mass is 79.9. The molecular weight excluding hydrogens is 412 g/mol. The van der Waals surface area contributed by atoms with Crippen LogP contribution in [0.2, 0.25) is 0 Å². The van der Waals surface area contributed by atoms with E-state index < -0.39 is 0 Å². The summed E-state index contributed by atoms with van der Waals surface area (Å²) in [5.41, 5.74) is 5.01. The lowest BCUT2D eigenvalue weighted by Gasteiger charge is -2.25. The van der Waals surface area contributed by atoms with Crippen LogP contribution in [-0.2, 0) is 12.8 Å². The minimum atomic E-state index is 0.647. The van der Waals surface area contributed by atoms with Crippen LogP contribution in [0.1, 0.15) is 36.8 Å². The highest BCUT2D eigenvalue weighted by molar-refractivity contribution is 9.10. The molecule has 2 heterocycles. The second kappa shape index (κ2) is 7.80. The van der Waals surface area contributed by atoms with Crippen molar-refractivity contribution in [1.29, 1.82) is 0 Å². The largest absolute Gasteiger partial charge is 0.324 e. The number of fused-ring (bicyclic) bond motifs is 2. The average Bonchev–Trinajstić information content (AvgIpc) is 3.15. The zero-order valence-corrected chi connectivity index (χ0v) is 17.6. The van der Waals surface area contributed by atoms with Crippen LogP contribution in [0, 0.1) is 0 Å². The summed E-state index contributed by atoms with van der Waals surface area (Å²) < 4.78 is 1.03. The van der Waals surface area contributed by atoms with E-state index in [0.29, 0.717) is 5.95 Å². The summed E-state index contributed by atoms with van der Waals surface area (Å²) in [6.07, 6.45) is 9.55. The lowest BCUT2D eigenvalue weighted by Crippen LogP contribution is -2.32. The number of nitrogens with zero attached hydrogens (tertiary/aromatic N) is 3. The molecule has 1 aliphatic carbocycles. The number of halogens is 1. The number of rotatable bonds is 3. The van der Waals surface area contributed by atoms with Crippen LogP contribution in [0.25, 0.3) is 10.9 Å². The Bertz CT molecular complexity index is 997. The molecule has 28 heavy (non-hydrogen) atoms. The molecule has 0 spiro atoms. The van der Waals surface area contributed by atoms with Gasteiger partial charge in [-0.25, -0.2) is 9.97 Å². The molecule has 0 amide bonds. The minimum Gasteiger partial charge on any atom is -0.324 e. The van der Waals surface area contributed by atoms with E-state index in [1.807, 2.05) is 24.4 Å². The van der Waals surface area contributed by atoms with Gasteiger partial charge in [0.15, 0.2) is 0 Å². The third kappa shape index (κ3) is 3.78. The summed E-state index contributed by atoms with van der Waals surface area (Å²) in [5, 5.41) is 4.45. The van der Waals surface area contributed by atoms with Gasteiger partial charge in [0, 0.05) is 27.8 Å². The third-order valence-electron chi connectivity index (χ3n) is 6.16. The molecule has 1 aromatic heterocycles. The van der Waals surface area contributed by atoms with Crippen LogP contribution in [0.5, 0.6) is 0 Å². The van der Waals surface area contributed by atoms with Crippen molar-refractivity contribution in [3.05, 3.63) is 58.2 Å². The van der Waals surface area contributed by atoms with Gasteiger partial charge < -0.3 is 10.2 Å². The van der Waals surface area contributed by atoms with Crippen LogP contribution < -0.4 is 5.32 Å². The Hall–Kier alpha value is -1.98. The molecule has 4 nitrogen and oxygen atoms in total. The van der Waals surface area contributed by atoms with Crippen molar-refractivity contribution in [1.82, 2.24) is 14.9 Å². The molecule has 3 aromatic rings. The van der Waals surface area contributed by atoms with E-state index in [2.05, 4.69) is 54.3 Å². The van der Waals surface area contributed by atoms with Crippen LogP contribution in [0.3, 0.4) is 0 Å². The quantitative estimate of drug-likeness (QED) is 0.551. The topological polar surface area (TPSA) is 41.1 Å². The summed E-state index contributed by atoms with van der Waals surface area (Å²) in [4.78, 5) is 11.9. The summed E-state index contributed by atoms with van der Waals surface area (Å²) in [5.74, 6) is 0.647. The Morgan fingerprint density at radius 1 is 0.964 bits per heavy atom. The fourth-order valence-electron chi connectivity index (χ4n) is 4.63. The zero-order valence-electron chi connectivity index (χ0n) is 16.0. The van der Waals surface area contributed by atoms with Crippen molar-refractivity contribution in [2.75, 3.05) is 18.4 Å². The van der Waals surface area contributed by atoms with Crippen molar-refractivity contribution < 1.29 is 0 Å². The molecule has 144 valence electrons. The first kappa shape index (κ1) is 18.1. The van der Waals surface area contributed by atoms with Gasteiger partial charge >= 0.3 is 0 Å². The third-order valence-corrected chi connectivity index (χ3v) is 6.65. The van der Waals surface area contributed by atoms with E-state index in [1.54, 1.807) is 0 Å². The average molecular weight is 437 g/mol. The fourth-order valence-corrected chi connectivity index (χ4v) is 4.98. The van der Waals surface area contributed by atoms with E-state index in [-0.39, 0.29) is 0 Å². The second-order valence-corrected chi connectivity index (χ2v) is 8.90. The van der Waals surface area contributed by atoms with Crippen molar-refractivity contribution in [2.45, 2.75) is 44.6 Å². The molecule has 0 radical (unpaired) electrons. The normalized spacial score (nSPS) is 20.1. The molecule has 2 aliphatic rings. The van der Waals surface area contributed by atoms with Crippen molar-refractivity contribution in [3.63, 3.8) is 0 Å². The van der Waals surface area contributed by atoms with E-state index in [1.165, 1.54) is 56.3 Å². The second-order valence-electron chi connectivity index (χ2n) is 7.98. The van der Waals surface area contributed by atoms with Crippen LogP contribution >= 0.6 is 15.9 Å². The molecule has 0 saturated carbocycles. The molecular formula is C23H25BrN4. The first-order valence-electron chi connectivity index (χ1n) is 10.3. The lowest BCUT2D eigenvalue weighted by atomic mass is 10.0. The maximum Gasteiger partial charge on any atom is 0.227 e. The number of anilines is 2. The number of aromatic nitrogens is 2. The Kier molecular flexibility index (Phi) is 5.03. The number of hydrogen-bond donors (Lipinski definition) is 1. The molecule has 1 N–H and O–H groups in total. The number of benzene rings is 2. The molecule has 0 bridgehead atoms. The molecule has 0 unspecified atom stereocenters. The highest BCUT2D eigenvalue weighted by Crippen LogP contribution is 2.29. The van der Waals surface area contributed by atoms with E-state index in [9.17, 15) is 0 Å². The Morgan fingerprint density at radius 2 is 1.79 bits per heavy atom. The number of likely N-dealkylation sites (tertiary alicyclic amines) is 1. The van der Waals surface area contributed by atoms with Gasteiger partial charge in [0.05, 0.1) is 5.52 Å². The highest BCUT2D eigenvalue weighted by Gasteiger charge is 2.24. The van der Waals surface area contributed by atoms with E-state index >= 15 is 0 Å². The van der Waals surface area contributed by atoms with Gasteiger partial charge in [0.25, 0.3) is 0 Å². The molecule has 1 fully saturated rings. The predicted molar refractivity (Wildman–Crippen MR) is 118 cm³/mol. The molecule has 2 aromatic carbocycles. The predicted octanol–water partition coefficient (Wildman–Crippen LogP) is 5.48. The fraction of sp³-hybridized carbons (Fsp3) is 0.391. The van der Waals surface area contributed by atoms with E-state index in [0.717, 1.165) is 33.5 Å². The number of nitrogens with one attached hydrogen (secondary N) is 1. The maximum atomic E-state index is 4.67. The summed E-state index contributed by atoms with van der Waals surface area (Å²) in [6.45, 7) is 2.59. The molecule has 1 aliphatic heterocycles. The molecule has 5 heteroatoms. The first-order chi connectivity index (χ1) is 13.7. The van der Waals surface area contributed by atoms with Crippen LogP contribution in [0.4, 0.5) is 11.6 Å². The zero-order chi connectivity index (χ0) is 18.9. The molecule has 1 atom stereocenters. The summed E-state index contributed by atoms with van der Waals surface area (Å²) >= 11 is 3.52. The van der Waals surface area contributed by atoms with Gasteiger partial charge in [-0.3, -0.25) is 0 Å². The Morgan fingerprint density at radius 3 is 2.64 bits per heavy atom. The minimum absolute atomic E-state index is 0.647. The van der Waals surface area contributed by atoms with Crippen LogP contribution in [0.15, 0.2) is 47.1 Å². The smallest absolute Gasteiger partial charge is 0.227 e. The van der Waals surface area contributed by atoms with E-state index in [4.69, 9.17) is 0 Å². The van der Waals surface area contributed by atoms with Crippen molar-refractivity contribution in [2.24, 2.45) is 0 Å². The monoisotopic (exact) mass is 436 g/mol. The van der Waals surface area contributed by atoms with Gasteiger partial charge in [0.1, 0.15) is 0 Å². The van der Waals surface area contributed by atoms with Crippen molar-refractivity contribution in [3.8, 4) is 0 Å². The van der Waals surface area contributed by atoms with Crippen LogP contribution in [-0.4, -0.2) is 34.0 Å². The van der Waals surface area contributed by atoms with Gasteiger partial charge in [-0.1, -0.05) is 28.1 Å². The number of aryl methyl sites for hydroxylation is 2. The Balaban J connectivity index is 1.34. The Labute approximate surface area is 174 Å². The first-order valence-corrected chi connectivity index (χ1v) is 11.1. The molecule has 5 rings (SSSR count). The SMILES string of the molecule is Brc1ccc2cnc(Nc3ccc4c(c3)CC[C@@H](N3CCCC3)CC4)nc2c1. The van der Waals surface area contributed by atoms with Gasteiger partial charge in [-0.15, -0.1) is 0 Å². The number of hydrogen-bond acceptors (Lipinski definition) is 4. The summed E-state index contributed by atoms with van der Waals surface area (Å²) in [6, 6.07) is 13.6. The van der Waals surface area contributed by atoms with Crippen molar-refractivity contribution >= 4 is 38.5 Å². The van der Waals surface area contributed by atoms with Gasteiger partial charge in [-0.05, 0) is 87.0 Å². The van der Waals surface area contributed by atoms with Gasteiger partial charge in [0.2, 0.25) is 5.95 Å². The maximum absolute atomic E-state index is 4.67. The summed E-state index contributed by atoms with van der Waals surface area (Å²) in [7, 11) is 0. The standard InChI is InChI=1S/C23H25BrN4/c24-19-7-3-18-15-25-23(27-22(18)14-19)26-20-8-4-16-5-9-21(10-6-17(16)13-20)28-11-1-2-12-28/h3-4,7-8,13-15,21H,1-2,5-6,9-12H2,(H,25,26,27)/t21-/m0/s1. The lowest BCUT2D eigenvalue weighted by molar-refractivity contribution is 0.222.